The summed E-state index contributed by atoms with van der Waals surface area (Å²) in [5.74, 6) is 0.891. The minimum atomic E-state index is -1.01. The number of carbonyl (C=O) groups is 1. The van der Waals surface area contributed by atoms with Crippen molar-refractivity contribution in [3.05, 3.63) is 35.5 Å². The fraction of sp³-hybridized carbons (Fsp3) is 0.529. The van der Waals surface area contributed by atoms with E-state index in [1.165, 1.54) is 4.90 Å². The van der Waals surface area contributed by atoms with Crippen molar-refractivity contribution >= 4 is 11.9 Å². The van der Waals surface area contributed by atoms with E-state index in [0.29, 0.717) is 35.9 Å². The van der Waals surface area contributed by atoms with Gasteiger partial charge in [-0.2, -0.15) is 0 Å². The molecular weight excluding hydrogens is 322 g/mol. The lowest BCUT2D eigenvalue weighted by molar-refractivity contribution is -0.000366. The monoisotopic (exact) mass is 345 g/mol. The molecule has 1 saturated heterocycles. The fourth-order valence-corrected chi connectivity index (χ4v) is 3.36. The molecule has 0 bridgehead atoms. The molecule has 1 aliphatic heterocycles. The van der Waals surface area contributed by atoms with Crippen LogP contribution in [0.3, 0.4) is 0 Å². The molecular formula is C17H23N5O3. The van der Waals surface area contributed by atoms with Crippen LogP contribution in [-0.2, 0) is 0 Å². The highest BCUT2D eigenvalue weighted by Crippen LogP contribution is 2.25. The molecule has 0 spiro atoms. The predicted molar refractivity (Wildman–Crippen MR) is 91.4 cm³/mol. The van der Waals surface area contributed by atoms with Crippen LogP contribution in [0.5, 0.6) is 0 Å². The largest absolute Gasteiger partial charge is 0.386 e. The number of hydrogen-bond acceptors (Lipinski definition) is 7. The number of likely N-dealkylation sites (N-methyl/N-ethyl adjacent to an activating group) is 1. The first kappa shape index (κ1) is 17.3. The standard InChI is InChI=1S/C17H23N5O3/c1-12-14(13(2)25-20-12)15(23)21(3)10-17(24)6-4-9-22(11-17)16-18-7-5-8-19-16/h5,7-8,24H,4,6,9-11H2,1-3H3. The molecule has 1 N–H and O–H groups in total. The molecule has 1 unspecified atom stereocenters. The summed E-state index contributed by atoms with van der Waals surface area (Å²) in [6.45, 7) is 4.84. The Balaban J connectivity index is 1.71. The van der Waals surface area contributed by atoms with E-state index < -0.39 is 5.60 Å². The number of β-amino-alcohol motifs (C(OH)–C–C–N with tert-alkyl or cyclic N) is 1. The minimum Gasteiger partial charge on any atom is -0.386 e. The van der Waals surface area contributed by atoms with Crippen LogP contribution in [0.2, 0.25) is 0 Å². The smallest absolute Gasteiger partial charge is 0.259 e. The molecule has 134 valence electrons. The Labute approximate surface area is 146 Å². The molecule has 0 aliphatic carbocycles. The van der Waals surface area contributed by atoms with Crippen molar-refractivity contribution in [2.75, 3.05) is 31.6 Å². The van der Waals surface area contributed by atoms with E-state index in [9.17, 15) is 9.90 Å². The van der Waals surface area contributed by atoms with Gasteiger partial charge in [0.15, 0.2) is 0 Å². The summed E-state index contributed by atoms with van der Waals surface area (Å²) in [7, 11) is 1.68. The second-order valence-electron chi connectivity index (χ2n) is 6.66. The minimum absolute atomic E-state index is 0.197. The Morgan fingerprint density at radius 2 is 2.12 bits per heavy atom. The average Bonchev–Trinajstić information content (AvgIpc) is 2.93. The first-order valence-corrected chi connectivity index (χ1v) is 8.32. The van der Waals surface area contributed by atoms with Crippen molar-refractivity contribution in [2.45, 2.75) is 32.3 Å². The van der Waals surface area contributed by atoms with Crippen LogP contribution >= 0.6 is 0 Å². The molecule has 1 aliphatic rings. The molecule has 1 atom stereocenters. The predicted octanol–water partition coefficient (Wildman–Crippen LogP) is 1.18. The maximum Gasteiger partial charge on any atom is 0.259 e. The fourth-order valence-electron chi connectivity index (χ4n) is 3.36. The number of aromatic nitrogens is 3. The van der Waals surface area contributed by atoms with Gasteiger partial charge in [-0.25, -0.2) is 9.97 Å². The number of amides is 1. The number of aliphatic hydroxyl groups is 1. The molecule has 0 saturated carbocycles. The quantitative estimate of drug-likeness (QED) is 0.889. The van der Waals surface area contributed by atoms with E-state index in [-0.39, 0.29) is 12.5 Å². The van der Waals surface area contributed by atoms with Crippen molar-refractivity contribution < 1.29 is 14.4 Å². The third-order valence-corrected chi connectivity index (χ3v) is 4.52. The van der Waals surface area contributed by atoms with E-state index >= 15 is 0 Å². The molecule has 0 aromatic carbocycles. The summed E-state index contributed by atoms with van der Waals surface area (Å²) in [6.07, 6.45) is 4.80. The number of anilines is 1. The maximum atomic E-state index is 12.7. The molecule has 3 heterocycles. The highest BCUT2D eigenvalue weighted by Gasteiger charge is 2.37. The molecule has 1 amide bonds. The second-order valence-corrected chi connectivity index (χ2v) is 6.66. The summed E-state index contributed by atoms with van der Waals surface area (Å²) in [6, 6.07) is 1.76. The van der Waals surface area contributed by atoms with Gasteiger partial charge >= 0.3 is 0 Å². The summed E-state index contributed by atoms with van der Waals surface area (Å²) in [5.41, 5.74) is 0.00958. The first-order valence-electron chi connectivity index (χ1n) is 8.32. The van der Waals surface area contributed by atoms with Crippen molar-refractivity contribution in [3.63, 3.8) is 0 Å². The molecule has 2 aromatic heterocycles. The van der Waals surface area contributed by atoms with E-state index in [0.717, 1.165) is 13.0 Å². The van der Waals surface area contributed by atoms with Crippen molar-refractivity contribution in [3.8, 4) is 0 Å². The van der Waals surface area contributed by atoms with Gasteiger partial charge in [0, 0.05) is 26.0 Å². The van der Waals surface area contributed by atoms with Gasteiger partial charge in [0.05, 0.1) is 24.4 Å². The Bertz CT molecular complexity index is 728. The Hall–Kier alpha value is -2.48. The number of nitrogens with zero attached hydrogens (tertiary/aromatic N) is 5. The molecule has 0 radical (unpaired) electrons. The van der Waals surface area contributed by atoms with Gasteiger partial charge in [0.25, 0.3) is 5.91 Å². The highest BCUT2D eigenvalue weighted by molar-refractivity contribution is 5.96. The highest BCUT2D eigenvalue weighted by atomic mass is 16.5. The zero-order chi connectivity index (χ0) is 18.0. The Morgan fingerprint density at radius 1 is 1.40 bits per heavy atom. The first-order chi connectivity index (χ1) is 11.9. The van der Waals surface area contributed by atoms with E-state index in [4.69, 9.17) is 4.52 Å². The molecule has 2 aromatic rings. The third kappa shape index (κ3) is 3.63. The molecule has 1 fully saturated rings. The van der Waals surface area contributed by atoms with Gasteiger partial charge in [0.1, 0.15) is 11.3 Å². The lowest BCUT2D eigenvalue weighted by atomic mass is 9.92. The van der Waals surface area contributed by atoms with E-state index in [2.05, 4.69) is 15.1 Å². The van der Waals surface area contributed by atoms with Crippen LogP contribution in [0.25, 0.3) is 0 Å². The van der Waals surface area contributed by atoms with Crippen LogP contribution in [0.15, 0.2) is 23.0 Å². The number of hydrogen-bond donors (Lipinski definition) is 1. The van der Waals surface area contributed by atoms with Gasteiger partial charge in [-0.3, -0.25) is 4.79 Å². The van der Waals surface area contributed by atoms with Gasteiger partial charge in [0.2, 0.25) is 5.95 Å². The summed E-state index contributed by atoms with van der Waals surface area (Å²) in [4.78, 5) is 24.7. The third-order valence-electron chi connectivity index (χ3n) is 4.52. The van der Waals surface area contributed by atoms with Gasteiger partial charge in [-0.1, -0.05) is 5.16 Å². The summed E-state index contributed by atoms with van der Waals surface area (Å²) >= 11 is 0. The summed E-state index contributed by atoms with van der Waals surface area (Å²) in [5, 5.41) is 14.9. The van der Waals surface area contributed by atoms with Gasteiger partial charge < -0.3 is 19.4 Å². The summed E-state index contributed by atoms with van der Waals surface area (Å²) < 4.78 is 5.07. The lowest BCUT2D eigenvalue weighted by Gasteiger charge is -2.41. The Kier molecular flexibility index (Phi) is 4.71. The normalized spacial score (nSPS) is 20.6. The van der Waals surface area contributed by atoms with Crippen molar-refractivity contribution in [1.29, 1.82) is 0 Å². The molecule has 8 nitrogen and oxygen atoms in total. The van der Waals surface area contributed by atoms with Crippen LogP contribution < -0.4 is 4.90 Å². The van der Waals surface area contributed by atoms with E-state index in [1.54, 1.807) is 39.4 Å². The van der Waals surface area contributed by atoms with E-state index in [1.807, 2.05) is 4.90 Å². The van der Waals surface area contributed by atoms with Gasteiger partial charge in [-0.15, -0.1) is 0 Å². The number of piperidine rings is 1. The van der Waals surface area contributed by atoms with Crippen LogP contribution in [-0.4, -0.2) is 63.3 Å². The second kappa shape index (κ2) is 6.79. The zero-order valence-electron chi connectivity index (χ0n) is 14.8. The average molecular weight is 345 g/mol. The molecule has 25 heavy (non-hydrogen) atoms. The Morgan fingerprint density at radius 3 is 2.76 bits per heavy atom. The number of rotatable bonds is 4. The van der Waals surface area contributed by atoms with Crippen LogP contribution in [0.1, 0.15) is 34.7 Å². The molecule has 3 rings (SSSR count). The number of carbonyl (C=O) groups excluding carboxylic acids is 1. The molecule has 8 heteroatoms. The number of aryl methyl sites for hydroxylation is 2. The maximum absolute atomic E-state index is 12.7. The van der Waals surface area contributed by atoms with Crippen molar-refractivity contribution in [2.24, 2.45) is 0 Å². The van der Waals surface area contributed by atoms with Crippen LogP contribution in [0.4, 0.5) is 5.95 Å². The van der Waals surface area contributed by atoms with Crippen molar-refractivity contribution in [1.82, 2.24) is 20.0 Å². The van der Waals surface area contributed by atoms with Gasteiger partial charge in [-0.05, 0) is 32.8 Å². The lowest BCUT2D eigenvalue weighted by Crippen LogP contribution is -2.55. The SMILES string of the molecule is Cc1noc(C)c1C(=O)N(C)CC1(O)CCCN(c2ncccn2)C1. The zero-order valence-corrected chi connectivity index (χ0v) is 14.8. The van der Waals surface area contributed by atoms with Crippen LogP contribution in [0, 0.1) is 13.8 Å². The topological polar surface area (TPSA) is 95.6 Å².